The van der Waals surface area contributed by atoms with Gasteiger partial charge in [-0.05, 0) is 32.6 Å². The van der Waals surface area contributed by atoms with Gasteiger partial charge in [-0.3, -0.25) is 4.57 Å². The summed E-state index contributed by atoms with van der Waals surface area (Å²) in [5.41, 5.74) is 0.150. The Bertz CT molecular complexity index is 584. The molecule has 0 aromatic carbocycles. The van der Waals surface area contributed by atoms with Gasteiger partial charge in [-0.1, -0.05) is 6.92 Å². The Morgan fingerprint density at radius 2 is 2.00 bits per heavy atom. The maximum atomic E-state index is 4.52. The highest BCUT2D eigenvalue weighted by atomic mass is 15.3. The Kier molecular flexibility index (Phi) is 3.72. The van der Waals surface area contributed by atoms with Crippen LogP contribution >= 0.6 is 0 Å². The molecule has 7 nitrogen and oxygen atoms in total. The van der Waals surface area contributed by atoms with E-state index in [1.807, 2.05) is 13.1 Å². The first-order valence-electron chi connectivity index (χ1n) is 7.51. The van der Waals surface area contributed by atoms with E-state index < -0.39 is 0 Å². The van der Waals surface area contributed by atoms with Gasteiger partial charge >= 0.3 is 0 Å². The number of hydrogen-bond acceptors (Lipinski definition) is 6. The molecule has 1 aliphatic rings. The van der Waals surface area contributed by atoms with Crippen LogP contribution in [0.5, 0.6) is 0 Å². The number of anilines is 2. The van der Waals surface area contributed by atoms with Crippen LogP contribution in [0.2, 0.25) is 0 Å². The third-order valence-corrected chi connectivity index (χ3v) is 4.06. The normalized spacial score (nSPS) is 16.3. The lowest BCUT2D eigenvalue weighted by atomic mass is 9.75. The second-order valence-electron chi connectivity index (χ2n) is 5.40. The molecule has 2 aromatic rings. The van der Waals surface area contributed by atoms with Gasteiger partial charge in [0.1, 0.15) is 6.33 Å². The average Bonchev–Trinajstić information content (AvgIpc) is 2.97. The molecule has 3 rings (SSSR count). The molecule has 0 atom stereocenters. The number of aromatic nitrogens is 5. The summed E-state index contributed by atoms with van der Waals surface area (Å²) < 4.78 is 1.78. The topological polar surface area (TPSA) is 80.5 Å². The van der Waals surface area contributed by atoms with Crippen LogP contribution in [0, 0.1) is 0 Å². The summed E-state index contributed by atoms with van der Waals surface area (Å²) in [7, 11) is 0. The highest BCUT2D eigenvalue weighted by Gasteiger charge is 2.35. The molecule has 0 amide bonds. The highest BCUT2D eigenvalue weighted by molar-refractivity contribution is 5.40. The van der Waals surface area contributed by atoms with Gasteiger partial charge in [0.05, 0.1) is 0 Å². The van der Waals surface area contributed by atoms with E-state index in [0.717, 1.165) is 13.0 Å². The Labute approximate surface area is 124 Å². The predicted molar refractivity (Wildman–Crippen MR) is 81.6 cm³/mol. The fraction of sp³-hybridized carbons (Fsp3) is 0.571. The zero-order valence-electron chi connectivity index (χ0n) is 12.5. The van der Waals surface area contributed by atoms with E-state index in [1.165, 1.54) is 19.3 Å². The maximum Gasteiger partial charge on any atom is 0.241 e. The number of nitrogens with one attached hydrogen (secondary N) is 2. The van der Waals surface area contributed by atoms with E-state index in [4.69, 9.17) is 0 Å². The molecule has 0 radical (unpaired) electrons. The predicted octanol–water partition coefficient (Wildman–Crippen LogP) is 2.23. The van der Waals surface area contributed by atoms with Crippen molar-refractivity contribution in [3.63, 3.8) is 0 Å². The summed E-state index contributed by atoms with van der Waals surface area (Å²) in [6.07, 6.45) is 9.92. The number of rotatable bonds is 6. The van der Waals surface area contributed by atoms with Gasteiger partial charge in [0.15, 0.2) is 0 Å². The second kappa shape index (κ2) is 5.67. The van der Waals surface area contributed by atoms with Crippen molar-refractivity contribution < 1.29 is 0 Å². The first-order valence-corrected chi connectivity index (χ1v) is 7.51. The highest BCUT2D eigenvalue weighted by Crippen LogP contribution is 2.37. The van der Waals surface area contributed by atoms with E-state index in [9.17, 15) is 0 Å². The molecule has 0 unspecified atom stereocenters. The standard InChI is InChI=1S/C14H21N7/c1-3-14(6-5-7-14)20-12-17-11(16-4-2)18-13(19-12)21-9-8-15-10-21/h8-10H,3-7H2,1-2H3,(H2,16,17,18,19,20). The Balaban J connectivity index is 1.91. The third-order valence-electron chi connectivity index (χ3n) is 4.06. The molecule has 2 N–H and O–H groups in total. The van der Waals surface area contributed by atoms with Gasteiger partial charge in [0.25, 0.3) is 0 Å². The SMILES string of the molecule is CCNc1nc(NC2(CC)CCC2)nc(-n2ccnc2)n1. The fourth-order valence-corrected chi connectivity index (χ4v) is 2.56. The summed E-state index contributed by atoms with van der Waals surface area (Å²) in [6, 6.07) is 0. The molecule has 0 aliphatic heterocycles. The van der Waals surface area contributed by atoms with Crippen LogP contribution in [0.25, 0.3) is 5.95 Å². The largest absolute Gasteiger partial charge is 0.354 e. The minimum atomic E-state index is 0.150. The molecule has 2 aromatic heterocycles. The van der Waals surface area contributed by atoms with Crippen molar-refractivity contribution in [3.05, 3.63) is 18.7 Å². The van der Waals surface area contributed by atoms with E-state index in [0.29, 0.717) is 17.8 Å². The summed E-state index contributed by atoms with van der Waals surface area (Å²) >= 11 is 0. The lowest BCUT2D eigenvalue weighted by Gasteiger charge is -2.42. The molecule has 0 saturated heterocycles. The molecule has 112 valence electrons. The number of hydrogen-bond donors (Lipinski definition) is 2. The first kappa shape index (κ1) is 13.8. The van der Waals surface area contributed by atoms with Crippen molar-refractivity contribution in [1.29, 1.82) is 0 Å². The molecule has 0 spiro atoms. The lowest BCUT2D eigenvalue weighted by molar-refractivity contribution is 0.268. The van der Waals surface area contributed by atoms with Gasteiger partial charge in [0.2, 0.25) is 17.8 Å². The van der Waals surface area contributed by atoms with Crippen molar-refractivity contribution in [3.8, 4) is 5.95 Å². The Morgan fingerprint density at radius 1 is 1.19 bits per heavy atom. The second-order valence-corrected chi connectivity index (χ2v) is 5.40. The van der Waals surface area contributed by atoms with Gasteiger partial charge in [-0.2, -0.15) is 15.0 Å². The molecule has 1 saturated carbocycles. The minimum Gasteiger partial charge on any atom is -0.354 e. The molecular weight excluding hydrogens is 266 g/mol. The van der Waals surface area contributed by atoms with Crippen LogP contribution in [0.15, 0.2) is 18.7 Å². The van der Waals surface area contributed by atoms with Crippen molar-refractivity contribution in [1.82, 2.24) is 24.5 Å². The van der Waals surface area contributed by atoms with E-state index in [2.05, 4.69) is 37.5 Å². The monoisotopic (exact) mass is 287 g/mol. The van der Waals surface area contributed by atoms with Crippen molar-refractivity contribution in [2.24, 2.45) is 0 Å². The van der Waals surface area contributed by atoms with Crippen LogP contribution in [0.4, 0.5) is 11.9 Å². The van der Waals surface area contributed by atoms with E-state index in [-0.39, 0.29) is 5.54 Å². The minimum absolute atomic E-state index is 0.150. The Morgan fingerprint density at radius 3 is 2.57 bits per heavy atom. The summed E-state index contributed by atoms with van der Waals surface area (Å²) in [4.78, 5) is 17.5. The maximum absolute atomic E-state index is 4.52. The number of imidazole rings is 1. The summed E-state index contributed by atoms with van der Waals surface area (Å²) in [5.74, 6) is 1.79. The molecule has 7 heteroatoms. The summed E-state index contributed by atoms with van der Waals surface area (Å²) in [5, 5.41) is 6.66. The Hall–Kier alpha value is -2.18. The number of nitrogens with zero attached hydrogens (tertiary/aromatic N) is 5. The first-order chi connectivity index (χ1) is 10.2. The van der Waals surface area contributed by atoms with Gasteiger partial charge in [-0.15, -0.1) is 0 Å². The van der Waals surface area contributed by atoms with Crippen molar-refractivity contribution >= 4 is 11.9 Å². The van der Waals surface area contributed by atoms with Crippen LogP contribution in [0.1, 0.15) is 39.5 Å². The van der Waals surface area contributed by atoms with Crippen LogP contribution in [-0.4, -0.2) is 36.6 Å². The molecule has 1 fully saturated rings. The van der Waals surface area contributed by atoms with E-state index >= 15 is 0 Å². The van der Waals surface area contributed by atoms with Gasteiger partial charge < -0.3 is 10.6 Å². The van der Waals surface area contributed by atoms with E-state index in [1.54, 1.807) is 17.1 Å². The van der Waals surface area contributed by atoms with Crippen molar-refractivity contribution in [2.75, 3.05) is 17.2 Å². The molecule has 0 bridgehead atoms. The molecular formula is C14H21N7. The van der Waals surface area contributed by atoms with Crippen LogP contribution in [-0.2, 0) is 0 Å². The van der Waals surface area contributed by atoms with Gasteiger partial charge in [-0.25, -0.2) is 4.98 Å². The molecule has 2 heterocycles. The molecule has 1 aliphatic carbocycles. The fourth-order valence-electron chi connectivity index (χ4n) is 2.56. The lowest BCUT2D eigenvalue weighted by Crippen LogP contribution is -2.44. The van der Waals surface area contributed by atoms with Gasteiger partial charge in [0, 0.05) is 24.5 Å². The van der Waals surface area contributed by atoms with Crippen molar-refractivity contribution in [2.45, 2.75) is 45.1 Å². The zero-order valence-corrected chi connectivity index (χ0v) is 12.5. The smallest absolute Gasteiger partial charge is 0.241 e. The average molecular weight is 287 g/mol. The van der Waals surface area contributed by atoms with Crippen LogP contribution < -0.4 is 10.6 Å². The summed E-state index contributed by atoms with van der Waals surface area (Å²) in [6.45, 7) is 4.99. The molecule has 21 heavy (non-hydrogen) atoms. The third kappa shape index (κ3) is 2.81. The van der Waals surface area contributed by atoms with Crippen LogP contribution in [0.3, 0.4) is 0 Å². The quantitative estimate of drug-likeness (QED) is 0.848. The zero-order chi connectivity index (χ0) is 14.7.